The Hall–Kier alpha value is -1.70. The van der Waals surface area contributed by atoms with E-state index in [-0.39, 0.29) is 0 Å². The zero-order chi connectivity index (χ0) is 14.5. The second-order valence-electron chi connectivity index (χ2n) is 6.08. The number of fused-ring (bicyclic) bond motifs is 1. The summed E-state index contributed by atoms with van der Waals surface area (Å²) in [6, 6.07) is 12.4. The maximum Gasteiger partial charge on any atom is 0.119 e. The normalized spacial score (nSPS) is 11.3. The first-order valence-corrected chi connectivity index (χ1v) is 7.34. The Balaban J connectivity index is 2.12. The fourth-order valence-electron chi connectivity index (χ4n) is 1.91. The molecule has 0 saturated carbocycles. The lowest BCUT2D eigenvalue weighted by molar-refractivity contribution is 0.270. The van der Waals surface area contributed by atoms with E-state index in [2.05, 4.69) is 52.0 Å². The molecule has 0 saturated heterocycles. The molecule has 0 atom stereocenters. The molecule has 0 aliphatic heterocycles. The Morgan fingerprint density at radius 1 is 0.700 bits per heavy atom. The minimum Gasteiger partial charge on any atom is -0.493 e. The fourth-order valence-corrected chi connectivity index (χ4v) is 1.91. The van der Waals surface area contributed by atoms with E-state index in [0.717, 1.165) is 24.7 Å². The third kappa shape index (κ3) is 4.16. The highest BCUT2D eigenvalue weighted by molar-refractivity contribution is 5.85. The van der Waals surface area contributed by atoms with Crippen LogP contribution in [0.2, 0.25) is 0 Å². The first kappa shape index (κ1) is 14.7. The summed E-state index contributed by atoms with van der Waals surface area (Å²) < 4.78 is 11.5. The van der Waals surface area contributed by atoms with Crippen LogP contribution in [0, 0.1) is 11.8 Å². The molecule has 0 N–H and O–H groups in total. The monoisotopic (exact) mass is 272 g/mol. The van der Waals surface area contributed by atoms with Crippen molar-refractivity contribution in [2.24, 2.45) is 11.8 Å². The average molecular weight is 272 g/mol. The van der Waals surface area contributed by atoms with Gasteiger partial charge in [0.15, 0.2) is 0 Å². The van der Waals surface area contributed by atoms with Gasteiger partial charge < -0.3 is 9.47 Å². The molecule has 0 aliphatic carbocycles. The second-order valence-corrected chi connectivity index (χ2v) is 6.08. The van der Waals surface area contributed by atoms with Crippen molar-refractivity contribution in [1.29, 1.82) is 0 Å². The Kier molecular flexibility index (Phi) is 4.89. The Morgan fingerprint density at radius 2 is 1.10 bits per heavy atom. The van der Waals surface area contributed by atoms with Crippen LogP contribution in [0.4, 0.5) is 0 Å². The summed E-state index contributed by atoms with van der Waals surface area (Å²) >= 11 is 0. The molecular formula is C18H24O2. The van der Waals surface area contributed by atoms with E-state index in [1.165, 1.54) is 10.8 Å². The third-order valence-corrected chi connectivity index (χ3v) is 2.95. The van der Waals surface area contributed by atoms with Crippen LogP contribution in [0.5, 0.6) is 11.5 Å². The molecular weight excluding hydrogens is 248 g/mol. The summed E-state index contributed by atoms with van der Waals surface area (Å²) in [5.74, 6) is 2.94. The number of hydrogen-bond acceptors (Lipinski definition) is 2. The SMILES string of the molecule is CC(C)COc1ccc2cc(OCC(C)C)ccc2c1. The largest absolute Gasteiger partial charge is 0.493 e. The van der Waals surface area contributed by atoms with Gasteiger partial charge in [0.1, 0.15) is 11.5 Å². The molecule has 0 bridgehead atoms. The van der Waals surface area contributed by atoms with Crippen LogP contribution >= 0.6 is 0 Å². The molecule has 2 nitrogen and oxygen atoms in total. The number of rotatable bonds is 6. The van der Waals surface area contributed by atoms with Crippen molar-refractivity contribution < 1.29 is 9.47 Å². The Labute approximate surface area is 121 Å². The van der Waals surface area contributed by atoms with Crippen molar-refractivity contribution >= 4 is 10.8 Å². The predicted molar refractivity (Wildman–Crippen MR) is 84.6 cm³/mol. The van der Waals surface area contributed by atoms with E-state index >= 15 is 0 Å². The maximum atomic E-state index is 5.75. The smallest absolute Gasteiger partial charge is 0.119 e. The Bertz CT molecular complexity index is 507. The number of benzene rings is 2. The van der Waals surface area contributed by atoms with E-state index in [9.17, 15) is 0 Å². The average Bonchev–Trinajstić information content (AvgIpc) is 2.42. The van der Waals surface area contributed by atoms with Gasteiger partial charge in [0.05, 0.1) is 13.2 Å². The van der Waals surface area contributed by atoms with Gasteiger partial charge in [-0.2, -0.15) is 0 Å². The van der Waals surface area contributed by atoms with E-state index in [1.807, 2.05) is 12.1 Å². The molecule has 0 fully saturated rings. The van der Waals surface area contributed by atoms with Crippen LogP contribution in [-0.2, 0) is 0 Å². The summed E-state index contributed by atoms with van der Waals surface area (Å²) in [6.07, 6.45) is 0. The zero-order valence-corrected chi connectivity index (χ0v) is 12.8. The first-order valence-electron chi connectivity index (χ1n) is 7.34. The van der Waals surface area contributed by atoms with Gasteiger partial charge in [-0.25, -0.2) is 0 Å². The van der Waals surface area contributed by atoms with Crippen LogP contribution in [0.15, 0.2) is 36.4 Å². The standard InChI is InChI=1S/C18H24O2/c1-13(2)11-19-17-7-5-16-10-18(20-12-14(3)4)8-6-15(16)9-17/h5-10,13-14H,11-12H2,1-4H3. The molecule has 0 spiro atoms. The van der Waals surface area contributed by atoms with Crippen LogP contribution in [0.25, 0.3) is 10.8 Å². The van der Waals surface area contributed by atoms with Crippen molar-refractivity contribution in [3.05, 3.63) is 36.4 Å². The van der Waals surface area contributed by atoms with Gasteiger partial charge >= 0.3 is 0 Å². The lowest BCUT2D eigenvalue weighted by atomic mass is 10.1. The molecule has 0 aliphatic rings. The van der Waals surface area contributed by atoms with Gasteiger partial charge in [0.2, 0.25) is 0 Å². The predicted octanol–water partition coefficient (Wildman–Crippen LogP) is 4.91. The third-order valence-electron chi connectivity index (χ3n) is 2.95. The van der Waals surface area contributed by atoms with Crippen molar-refractivity contribution in [3.8, 4) is 11.5 Å². The highest BCUT2D eigenvalue weighted by Crippen LogP contribution is 2.25. The number of hydrogen-bond donors (Lipinski definition) is 0. The van der Waals surface area contributed by atoms with Gasteiger partial charge in [0, 0.05) is 0 Å². The topological polar surface area (TPSA) is 18.5 Å². The van der Waals surface area contributed by atoms with E-state index < -0.39 is 0 Å². The molecule has 0 radical (unpaired) electrons. The van der Waals surface area contributed by atoms with Crippen LogP contribution in [0.1, 0.15) is 27.7 Å². The van der Waals surface area contributed by atoms with Crippen molar-refractivity contribution in [2.45, 2.75) is 27.7 Å². The van der Waals surface area contributed by atoms with Gasteiger partial charge in [-0.15, -0.1) is 0 Å². The highest BCUT2D eigenvalue weighted by atomic mass is 16.5. The molecule has 2 aromatic carbocycles. The summed E-state index contributed by atoms with van der Waals surface area (Å²) in [5.41, 5.74) is 0. The summed E-state index contributed by atoms with van der Waals surface area (Å²) in [6.45, 7) is 10.1. The van der Waals surface area contributed by atoms with Gasteiger partial charge in [-0.05, 0) is 46.9 Å². The quantitative estimate of drug-likeness (QED) is 0.744. The second kappa shape index (κ2) is 6.65. The minimum atomic E-state index is 0.539. The zero-order valence-electron chi connectivity index (χ0n) is 12.8. The van der Waals surface area contributed by atoms with Gasteiger partial charge in [-0.3, -0.25) is 0 Å². The molecule has 0 heterocycles. The minimum absolute atomic E-state index is 0.539. The summed E-state index contributed by atoms with van der Waals surface area (Å²) in [4.78, 5) is 0. The number of ether oxygens (including phenoxy) is 2. The molecule has 2 heteroatoms. The van der Waals surface area contributed by atoms with Crippen LogP contribution < -0.4 is 9.47 Å². The van der Waals surface area contributed by atoms with Crippen molar-refractivity contribution in [3.63, 3.8) is 0 Å². The van der Waals surface area contributed by atoms with E-state index in [0.29, 0.717) is 11.8 Å². The molecule has 2 rings (SSSR count). The maximum absolute atomic E-state index is 5.75. The summed E-state index contributed by atoms with van der Waals surface area (Å²) in [7, 11) is 0. The van der Waals surface area contributed by atoms with Crippen LogP contribution in [-0.4, -0.2) is 13.2 Å². The molecule has 108 valence electrons. The molecule has 20 heavy (non-hydrogen) atoms. The highest BCUT2D eigenvalue weighted by Gasteiger charge is 2.02. The van der Waals surface area contributed by atoms with E-state index in [4.69, 9.17) is 9.47 Å². The lowest BCUT2D eigenvalue weighted by Gasteiger charge is -2.11. The van der Waals surface area contributed by atoms with Crippen LogP contribution in [0.3, 0.4) is 0 Å². The molecule has 0 amide bonds. The van der Waals surface area contributed by atoms with Crippen molar-refractivity contribution in [2.75, 3.05) is 13.2 Å². The molecule has 2 aromatic rings. The molecule has 0 aromatic heterocycles. The van der Waals surface area contributed by atoms with Gasteiger partial charge in [0.25, 0.3) is 0 Å². The lowest BCUT2D eigenvalue weighted by Crippen LogP contribution is -2.04. The first-order chi connectivity index (χ1) is 9.54. The van der Waals surface area contributed by atoms with Gasteiger partial charge in [-0.1, -0.05) is 39.8 Å². The van der Waals surface area contributed by atoms with Crippen molar-refractivity contribution in [1.82, 2.24) is 0 Å². The fraction of sp³-hybridized carbons (Fsp3) is 0.444. The summed E-state index contributed by atoms with van der Waals surface area (Å²) in [5, 5.41) is 2.37. The molecule has 0 unspecified atom stereocenters. The Morgan fingerprint density at radius 3 is 1.45 bits per heavy atom. The van der Waals surface area contributed by atoms with E-state index in [1.54, 1.807) is 0 Å².